The van der Waals surface area contributed by atoms with Crippen molar-refractivity contribution in [3.63, 3.8) is 0 Å². The first-order valence-corrected chi connectivity index (χ1v) is 5.89. The summed E-state index contributed by atoms with van der Waals surface area (Å²) < 4.78 is 1.10. The molecule has 1 rings (SSSR count). The molecule has 0 saturated heterocycles. The summed E-state index contributed by atoms with van der Waals surface area (Å²) in [5, 5.41) is 11.8. The van der Waals surface area contributed by atoms with E-state index in [-0.39, 0.29) is 0 Å². The van der Waals surface area contributed by atoms with Crippen LogP contribution in [0.5, 0.6) is 0 Å². The third-order valence-electron chi connectivity index (χ3n) is 2.29. The van der Waals surface area contributed by atoms with E-state index in [1.54, 1.807) is 0 Å². The average molecular weight is 267 g/mol. The number of halogens is 1. The molecule has 1 N–H and O–H groups in total. The zero-order chi connectivity index (χ0) is 11.1. The van der Waals surface area contributed by atoms with Crippen LogP contribution in [-0.4, -0.2) is 6.54 Å². The van der Waals surface area contributed by atoms with Crippen LogP contribution < -0.4 is 5.32 Å². The Morgan fingerprint density at radius 3 is 2.67 bits per heavy atom. The molecule has 0 fully saturated rings. The summed E-state index contributed by atoms with van der Waals surface area (Å²) in [5.74, 6) is 0. The Morgan fingerprint density at radius 1 is 1.40 bits per heavy atom. The molecule has 0 aliphatic heterocycles. The molecule has 0 aromatic heterocycles. The maximum Gasteiger partial charge on any atom is 0.0622 e. The van der Waals surface area contributed by atoms with Crippen LogP contribution in [0.15, 0.2) is 28.7 Å². The lowest BCUT2D eigenvalue weighted by Gasteiger charge is -2.13. The maximum atomic E-state index is 8.40. The minimum Gasteiger partial charge on any atom is -0.310 e. The lowest BCUT2D eigenvalue weighted by atomic mass is 10.1. The lowest BCUT2D eigenvalue weighted by molar-refractivity contribution is 0.562. The first kappa shape index (κ1) is 12.2. The van der Waals surface area contributed by atoms with E-state index in [0.29, 0.717) is 12.5 Å². The fraction of sp³-hybridized carbons (Fsp3) is 0.417. The summed E-state index contributed by atoms with van der Waals surface area (Å²) in [5.41, 5.74) is 1.27. The highest BCUT2D eigenvalue weighted by Gasteiger charge is 2.03. The van der Waals surface area contributed by atoms with E-state index in [0.717, 1.165) is 17.4 Å². The molecule has 0 spiro atoms. The first-order valence-electron chi connectivity index (χ1n) is 5.10. The highest BCUT2D eigenvalue weighted by atomic mass is 79.9. The SMILES string of the molecule is CC(NCCCC#N)c1ccc(Br)cc1. The molecule has 0 bridgehead atoms. The fourth-order valence-corrected chi connectivity index (χ4v) is 1.62. The van der Waals surface area contributed by atoms with Gasteiger partial charge in [0.15, 0.2) is 0 Å². The van der Waals surface area contributed by atoms with Crippen LogP contribution in [0.2, 0.25) is 0 Å². The Labute approximate surface area is 99.4 Å². The van der Waals surface area contributed by atoms with Crippen molar-refractivity contribution in [2.75, 3.05) is 6.54 Å². The quantitative estimate of drug-likeness (QED) is 0.830. The molecule has 0 aliphatic carbocycles. The number of rotatable bonds is 5. The summed E-state index contributed by atoms with van der Waals surface area (Å²) in [6, 6.07) is 10.8. The third-order valence-corrected chi connectivity index (χ3v) is 2.81. The van der Waals surface area contributed by atoms with Crippen molar-refractivity contribution >= 4 is 15.9 Å². The molecule has 0 heterocycles. The van der Waals surface area contributed by atoms with Crippen molar-refractivity contribution in [1.82, 2.24) is 5.32 Å². The summed E-state index contributed by atoms with van der Waals surface area (Å²) in [4.78, 5) is 0. The van der Waals surface area contributed by atoms with Crippen LogP contribution in [0.25, 0.3) is 0 Å². The molecule has 3 heteroatoms. The Morgan fingerprint density at radius 2 is 2.07 bits per heavy atom. The smallest absolute Gasteiger partial charge is 0.0622 e. The van der Waals surface area contributed by atoms with Gasteiger partial charge in [-0.15, -0.1) is 0 Å². The number of benzene rings is 1. The van der Waals surface area contributed by atoms with Crippen molar-refractivity contribution in [3.05, 3.63) is 34.3 Å². The molecular formula is C12H15BrN2. The predicted octanol–water partition coefficient (Wildman–Crippen LogP) is 3.40. The van der Waals surface area contributed by atoms with Crippen LogP contribution in [0.4, 0.5) is 0 Å². The van der Waals surface area contributed by atoms with Crippen LogP contribution in [-0.2, 0) is 0 Å². The van der Waals surface area contributed by atoms with Gasteiger partial charge in [-0.3, -0.25) is 0 Å². The molecule has 0 saturated carbocycles. The van der Waals surface area contributed by atoms with E-state index in [1.165, 1.54) is 5.56 Å². The average Bonchev–Trinajstić information content (AvgIpc) is 2.25. The zero-order valence-corrected chi connectivity index (χ0v) is 10.4. The molecule has 80 valence electrons. The topological polar surface area (TPSA) is 35.8 Å². The number of hydrogen-bond donors (Lipinski definition) is 1. The highest BCUT2D eigenvalue weighted by molar-refractivity contribution is 9.10. The molecule has 1 unspecified atom stereocenters. The molecule has 0 radical (unpaired) electrons. The van der Waals surface area contributed by atoms with E-state index in [1.807, 2.05) is 12.1 Å². The van der Waals surface area contributed by atoms with Gasteiger partial charge in [0, 0.05) is 16.9 Å². The van der Waals surface area contributed by atoms with Gasteiger partial charge in [0.2, 0.25) is 0 Å². The van der Waals surface area contributed by atoms with Gasteiger partial charge in [0.25, 0.3) is 0 Å². The van der Waals surface area contributed by atoms with Gasteiger partial charge in [0.1, 0.15) is 0 Å². The second-order valence-electron chi connectivity index (χ2n) is 3.49. The number of nitrogens with one attached hydrogen (secondary N) is 1. The van der Waals surface area contributed by atoms with Gasteiger partial charge in [-0.05, 0) is 37.6 Å². The van der Waals surface area contributed by atoms with Crippen LogP contribution in [0.3, 0.4) is 0 Å². The van der Waals surface area contributed by atoms with Gasteiger partial charge in [-0.1, -0.05) is 28.1 Å². The van der Waals surface area contributed by atoms with Crippen molar-refractivity contribution in [1.29, 1.82) is 5.26 Å². The second-order valence-corrected chi connectivity index (χ2v) is 4.40. The second kappa shape index (κ2) is 6.60. The molecule has 0 aliphatic rings. The van der Waals surface area contributed by atoms with Crippen molar-refractivity contribution in [3.8, 4) is 6.07 Å². The number of hydrogen-bond acceptors (Lipinski definition) is 2. The highest BCUT2D eigenvalue weighted by Crippen LogP contribution is 2.16. The Hall–Kier alpha value is -0.850. The molecule has 1 atom stereocenters. The number of nitriles is 1. The van der Waals surface area contributed by atoms with Crippen molar-refractivity contribution in [2.45, 2.75) is 25.8 Å². The molecule has 1 aromatic rings. The largest absolute Gasteiger partial charge is 0.310 e. The Kier molecular flexibility index (Phi) is 5.38. The van der Waals surface area contributed by atoms with Gasteiger partial charge in [-0.2, -0.15) is 5.26 Å². The minimum atomic E-state index is 0.344. The summed E-state index contributed by atoms with van der Waals surface area (Å²) in [6.07, 6.45) is 1.54. The van der Waals surface area contributed by atoms with Crippen LogP contribution in [0.1, 0.15) is 31.4 Å². The van der Waals surface area contributed by atoms with E-state index >= 15 is 0 Å². The summed E-state index contributed by atoms with van der Waals surface area (Å²) >= 11 is 3.41. The Bertz CT molecular complexity index is 326. The fourth-order valence-electron chi connectivity index (χ4n) is 1.36. The van der Waals surface area contributed by atoms with Gasteiger partial charge < -0.3 is 5.32 Å². The summed E-state index contributed by atoms with van der Waals surface area (Å²) in [6.45, 7) is 3.03. The monoisotopic (exact) mass is 266 g/mol. The zero-order valence-electron chi connectivity index (χ0n) is 8.83. The van der Waals surface area contributed by atoms with Crippen LogP contribution in [0, 0.1) is 11.3 Å². The van der Waals surface area contributed by atoms with E-state index in [4.69, 9.17) is 5.26 Å². The predicted molar refractivity (Wildman–Crippen MR) is 65.4 cm³/mol. The van der Waals surface area contributed by atoms with Crippen molar-refractivity contribution in [2.24, 2.45) is 0 Å². The minimum absolute atomic E-state index is 0.344. The molecule has 2 nitrogen and oxygen atoms in total. The van der Waals surface area contributed by atoms with E-state index in [9.17, 15) is 0 Å². The normalized spacial score (nSPS) is 12.1. The number of nitrogens with zero attached hydrogens (tertiary/aromatic N) is 1. The van der Waals surface area contributed by atoms with Gasteiger partial charge in [0.05, 0.1) is 6.07 Å². The molecule has 0 amide bonds. The Balaban J connectivity index is 2.37. The lowest BCUT2D eigenvalue weighted by Crippen LogP contribution is -2.19. The van der Waals surface area contributed by atoms with E-state index < -0.39 is 0 Å². The van der Waals surface area contributed by atoms with E-state index in [2.05, 4.69) is 46.4 Å². The summed E-state index contributed by atoms with van der Waals surface area (Å²) in [7, 11) is 0. The molecular weight excluding hydrogens is 252 g/mol. The van der Waals surface area contributed by atoms with Crippen molar-refractivity contribution < 1.29 is 0 Å². The van der Waals surface area contributed by atoms with Crippen LogP contribution >= 0.6 is 15.9 Å². The molecule has 1 aromatic carbocycles. The van der Waals surface area contributed by atoms with Gasteiger partial charge in [-0.25, -0.2) is 0 Å². The third kappa shape index (κ3) is 4.46. The number of unbranched alkanes of at least 4 members (excludes halogenated alkanes) is 1. The maximum absolute atomic E-state index is 8.40. The first-order chi connectivity index (χ1) is 7.24. The standard InChI is InChI=1S/C12H15BrN2/c1-10(15-9-3-2-8-14)11-4-6-12(13)7-5-11/h4-7,10,15H,2-3,9H2,1H3. The van der Waals surface area contributed by atoms with Gasteiger partial charge >= 0.3 is 0 Å². The molecule has 15 heavy (non-hydrogen) atoms.